The summed E-state index contributed by atoms with van der Waals surface area (Å²) in [5.74, 6) is 0.683. The van der Waals surface area contributed by atoms with Gasteiger partial charge in [0.15, 0.2) is 0 Å². The minimum absolute atomic E-state index is 0.0156. The van der Waals surface area contributed by atoms with E-state index in [2.05, 4.69) is 6.92 Å². The summed E-state index contributed by atoms with van der Waals surface area (Å²) in [6.45, 7) is 6.51. The van der Waals surface area contributed by atoms with Crippen molar-refractivity contribution in [3.05, 3.63) is 0 Å². The van der Waals surface area contributed by atoms with Crippen molar-refractivity contribution in [2.45, 2.75) is 33.6 Å². The van der Waals surface area contributed by atoms with E-state index in [1.807, 2.05) is 13.8 Å². The first-order chi connectivity index (χ1) is 5.08. The van der Waals surface area contributed by atoms with Crippen LogP contribution >= 0.6 is 0 Å². The molecule has 2 heteroatoms. The second-order valence-corrected chi connectivity index (χ2v) is 3.79. The van der Waals surface area contributed by atoms with Crippen LogP contribution in [0.3, 0.4) is 0 Å². The molecule has 0 atom stereocenters. The Morgan fingerprint density at radius 3 is 2.55 bits per heavy atom. The minimum atomic E-state index is -0.157. The van der Waals surface area contributed by atoms with Crippen LogP contribution < -0.4 is 0 Å². The fraction of sp³-hybridized carbons (Fsp3) is 0.889. The van der Waals surface area contributed by atoms with Gasteiger partial charge in [0.2, 0.25) is 0 Å². The van der Waals surface area contributed by atoms with Crippen molar-refractivity contribution in [3.8, 4) is 0 Å². The zero-order chi connectivity index (χ0) is 8.48. The first-order valence-electron chi connectivity index (χ1n) is 4.25. The Bertz CT molecular complexity index is 157. The van der Waals surface area contributed by atoms with Crippen LogP contribution in [0.2, 0.25) is 0 Å². The van der Waals surface area contributed by atoms with Gasteiger partial charge in [-0.3, -0.25) is 4.79 Å². The van der Waals surface area contributed by atoms with Gasteiger partial charge in [-0.1, -0.05) is 6.92 Å². The Labute approximate surface area is 67.9 Å². The van der Waals surface area contributed by atoms with Crippen LogP contribution in [0.25, 0.3) is 0 Å². The van der Waals surface area contributed by atoms with E-state index in [9.17, 15) is 4.79 Å². The molecule has 0 radical (unpaired) electrons. The Balaban J connectivity index is 2.41. The largest absolute Gasteiger partial charge is 0.466 e. The third-order valence-corrected chi connectivity index (χ3v) is 2.37. The fourth-order valence-electron chi connectivity index (χ4n) is 1.95. The molecule has 1 fully saturated rings. The van der Waals surface area contributed by atoms with Gasteiger partial charge in [-0.15, -0.1) is 0 Å². The molecule has 0 saturated heterocycles. The summed E-state index contributed by atoms with van der Waals surface area (Å²) in [4.78, 5) is 11.3. The molecule has 0 heterocycles. The Kier molecular flexibility index (Phi) is 2.21. The van der Waals surface area contributed by atoms with Crippen molar-refractivity contribution in [2.24, 2.45) is 11.3 Å². The lowest BCUT2D eigenvalue weighted by molar-refractivity contribution is -0.162. The third kappa shape index (κ3) is 1.55. The van der Waals surface area contributed by atoms with Gasteiger partial charge in [-0.25, -0.2) is 0 Å². The Morgan fingerprint density at radius 2 is 2.18 bits per heavy atom. The van der Waals surface area contributed by atoms with Crippen molar-refractivity contribution in [1.82, 2.24) is 0 Å². The van der Waals surface area contributed by atoms with Crippen molar-refractivity contribution in [1.29, 1.82) is 0 Å². The molecule has 0 spiro atoms. The minimum Gasteiger partial charge on any atom is -0.466 e. The molecule has 0 aromatic rings. The Morgan fingerprint density at radius 1 is 1.64 bits per heavy atom. The number of carbonyl (C=O) groups is 1. The molecule has 1 aliphatic rings. The van der Waals surface area contributed by atoms with Crippen molar-refractivity contribution in [2.75, 3.05) is 6.61 Å². The van der Waals surface area contributed by atoms with E-state index in [1.165, 1.54) is 0 Å². The lowest BCUT2D eigenvalue weighted by Crippen LogP contribution is -2.41. The van der Waals surface area contributed by atoms with Crippen LogP contribution in [0.1, 0.15) is 33.6 Å². The predicted octanol–water partition coefficient (Wildman–Crippen LogP) is 1.99. The number of ether oxygens (including phenoxy) is 1. The molecule has 11 heavy (non-hydrogen) atoms. The molecule has 0 aromatic carbocycles. The van der Waals surface area contributed by atoms with Crippen molar-refractivity contribution >= 4 is 5.97 Å². The van der Waals surface area contributed by atoms with Gasteiger partial charge in [0.25, 0.3) is 0 Å². The lowest BCUT2D eigenvalue weighted by atomic mass is 9.64. The van der Waals surface area contributed by atoms with Gasteiger partial charge < -0.3 is 4.74 Å². The Hall–Kier alpha value is -0.530. The van der Waals surface area contributed by atoms with Crippen LogP contribution in [0, 0.1) is 11.3 Å². The van der Waals surface area contributed by atoms with Crippen molar-refractivity contribution in [3.63, 3.8) is 0 Å². The SMILES string of the molecule is CCOC(=O)C1(C)CC(C)C1. The zero-order valence-corrected chi connectivity index (χ0v) is 7.52. The summed E-state index contributed by atoms with van der Waals surface area (Å²) in [6.07, 6.45) is 1.98. The van der Waals surface area contributed by atoms with Gasteiger partial charge >= 0.3 is 5.97 Å². The summed E-state index contributed by atoms with van der Waals surface area (Å²) < 4.78 is 4.96. The van der Waals surface area contributed by atoms with Crippen LogP contribution in [-0.2, 0) is 9.53 Å². The monoisotopic (exact) mass is 156 g/mol. The molecule has 0 aromatic heterocycles. The highest BCUT2D eigenvalue weighted by Gasteiger charge is 2.45. The van der Waals surface area contributed by atoms with Gasteiger partial charge in [-0.2, -0.15) is 0 Å². The average molecular weight is 156 g/mol. The highest BCUT2D eigenvalue weighted by molar-refractivity contribution is 5.77. The molecular weight excluding hydrogens is 140 g/mol. The van der Waals surface area contributed by atoms with E-state index in [1.54, 1.807) is 0 Å². The summed E-state index contributed by atoms with van der Waals surface area (Å²) in [6, 6.07) is 0. The van der Waals surface area contributed by atoms with Crippen LogP contribution in [0.15, 0.2) is 0 Å². The maximum absolute atomic E-state index is 11.3. The highest BCUT2D eigenvalue weighted by Crippen LogP contribution is 2.45. The normalized spacial score (nSPS) is 36.1. The molecule has 1 aliphatic carbocycles. The molecular formula is C9H16O2. The summed E-state index contributed by atoms with van der Waals surface area (Å²) in [7, 11) is 0. The standard InChI is InChI=1S/C9H16O2/c1-4-11-8(10)9(3)5-7(2)6-9/h7H,4-6H2,1-3H3. The van der Waals surface area contributed by atoms with Crippen LogP contribution in [-0.4, -0.2) is 12.6 Å². The van der Waals surface area contributed by atoms with E-state index in [4.69, 9.17) is 4.74 Å². The first-order valence-corrected chi connectivity index (χ1v) is 4.25. The molecule has 0 amide bonds. The molecule has 0 bridgehead atoms. The van der Waals surface area contributed by atoms with E-state index in [-0.39, 0.29) is 11.4 Å². The second kappa shape index (κ2) is 2.84. The number of hydrogen-bond donors (Lipinski definition) is 0. The number of esters is 1. The average Bonchev–Trinajstić information content (AvgIpc) is 1.85. The first kappa shape index (κ1) is 8.57. The quantitative estimate of drug-likeness (QED) is 0.571. The summed E-state index contributed by atoms with van der Waals surface area (Å²) in [5.41, 5.74) is -0.157. The van der Waals surface area contributed by atoms with Crippen molar-refractivity contribution < 1.29 is 9.53 Å². The molecule has 0 aliphatic heterocycles. The topological polar surface area (TPSA) is 26.3 Å². The van der Waals surface area contributed by atoms with Crippen LogP contribution in [0.4, 0.5) is 0 Å². The maximum Gasteiger partial charge on any atom is 0.311 e. The van der Waals surface area contributed by atoms with Gasteiger partial charge in [0.05, 0.1) is 12.0 Å². The summed E-state index contributed by atoms with van der Waals surface area (Å²) in [5, 5.41) is 0. The summed E-state index contributed by atoms with van der Waals surface area (Å²) >= 11 is 0. The molecule has 0 N–H and O–H groups in total. The predicted molar refractivity (Wildman–Crippen MR) is 43.1 cm³/mol. The smallest absolute Gasteiger partial charge is 0.311 e. The highest BCUT2D eigenvalue weighted by atomic mass is 16.5. The van der Waals surface area contributed by atoms with Gasteiger partial charge in [-0.05, 0) is 32.6 Å². The molecule has 2 nitrogen and oxygen atoms in total. The van der Waals surface area contributed by atoms with E-state index < -0.39 is 0 Å². The fourth-order valence-corrected chi connectivity index (χ4v) is 1.95. The molecule has 64 valence electrons. The van der Waals surface area contributed by atoms with Gasteiger partial charge in [0, 0.05) is 0 Å². The third-order valence-electron chi connectivity index (χ3n) is 2.37. The van der Waals surface area contributed by atoms with Crippen LogP contribution in [0.5, 0.6) is 0 Å². The van der Waals surface area contributed by atoms with Gasteiger partial charge in [0.1, 0.15) is 0 Å². The molecule has 0 unspecified atom stereocenters. The number of rotatable bonds is 2. The zero-order valence-electron chi connectivity index (χ0n) is 7.52. The second-order valence-electron chi connectivity index (χ2n) is 3.79. The maximum atomic E-state index is 11.3. The van der Waals surface area contributed by atoms with E-state index >= 15 is 0 Å². The number of hydrogen-bond acceptors (Lipinski definition) is 2. The van der Waals surface area contributed by atoms with E-state index in [0.29, 0.717) is 12.5 Å². The lowest BCUT2D eigenvalue weighted by Gasteiger charge is -2.41. The number of carbonyl (C=O) groups excluding carboxylic acids is 1. The van der Waals surface area contributed by atoms with E-state index in [0.717, 1.165) is 12.8 Å². The molecule has 1 rings (SSSR count). The molecule has 1 saturated carbocycles.